The number of hydrogen-bond acceptors (Lipinski definition) is 6. The molecule has 0 bridgehead atoms. The number of nitrogens with zero attached hydrogens (tertiary/aromatic N) is 1. The zero-order chi connectivity index (χ0) is 20.9. The number of rotatable bonds is 6. The van der Waals surface area contributed by atoms with Crippen LogP contribution >= 0.6 is 0 Å². The van der Waals surface area contributed by atoms with Gasteiger partial charge in [-0.25, -0.2) is 13.2 Å². The molecule has 9 heteroatoms. The molecule has 0 aliphatic carbocycles. The molecule has 0 radical (unpaired) electrons. The first-order chi connectivity index (χ1) is 13.9. The predicted octanol–water partition coefficient (Wildman–Crippen LogP) is 1.92. The molecule has 3 rings (SSSR count). The van der Waals surface area contributed by atoms with E-state index in [-0.39, 0.29) is 24.5 Å². The quantitative estimate of drug-likeness (QED) is 0.719. The summed E-state index contributed by atoms with van der Waals surface area (Å²) in [4.78, 5) is 24.4. The molecule has 1 N–H and O–H groups in total. The highest BCUT2D eigenvalue weighted by Gasteiger charge is 2.45. The maximum atomic E-state index is 13.0. The minimum absolute atomic E-state index is 0.0581. The molecule has 29 heavy (non-hydrogen) atoms. The van der Waals surface area contributed by atoms with Gasteiger partial charge in [0, 0.05) is 12.6 Å². The van der Waals surface area contributed by atoms with Gasteiger partial charge in [0.05, 0.1) is 12.0 Å². The van der Waals surface area contributed by atoms with Crippen molar-refractivity contribution in [1.82, 2.24) is 9.62 Å². The fourth-order valence-corrected chi connectivity index (χ4v) is 4.84. The molecule has 1 saturated heterocycles. The second kappa shape index (κ2) is 9.06. The van der Waals surface area contributed by atoms with E-state index in [1.807, 2.05) is 30.3 Å². The number of alkyl carbamates (subject to hydrolysis) is 1. The van der Waals surface area contributed by atoms with Crippen molar-refractivity contribution < 1.29 is 27.5 Å². The van der Waals surface area contributed by atoms with Gasteiger partial charge in [0.25, 0.3) is 0 Å². The third-order valence-corrected chi connectivity index (χ3v) is 6.50. The summed E-state index contributed by atoms with van der Waals surface area (Å²) in [6, 6.07) is 15.4. The Kier molecular flexibility index (Phi) is 6.50. The molecule has 1 aliphatic rings. The van der Waals surface area contributed by atoms with Crippen molar-refractivity contribution in [2.75, 3.05) is 13.7 Å². The second-order valence-electron chi connectivity index (χ2n) is 6.57. The first-order valence-electron chi connectivity index (χ1n) is 9.03. The standard InChI is InChI=1S/C20H22N2O6S/c1-27-19(23)18-12-16(21-20(24)28-14-15-8-4-2-5-9-15)13-22(18)29(25,26)17-10-6-3-7-11-17/h2-11,16,18H,12-14H2,1H3,(H,21,24)/t16-,18+/m1/s1. The highest BCUT2D eigenvalue weighted by molar-refractivity contribution is 7.89. The topological polar surface area (TPSA) is 102 Å². The third kappa shape index (κ3) is 4.93. The van der Waals surface area contributed by atoms with Gasteiger partial charge in [0.1, 0.15) is 12.6 Å². The molecule has 8 nitrogen and oxygen atoms in total. The summed E-state index contributed by atoms with van der Waals surface area (Å²) in [7, 11) is -2.73. The van der Waals surface area contributed by atoms with Crippen molar-refractivity contribution in [1.29, 1.82) is 0 Å². The summed E-state index contributed by atoms with van der Waals surface area (Å²) >= 11 is 0. The summed E-state index contributed by atoms with van der Waals surface area (Å²) in [6.07, 6.45) is -0.583. The maximum absolute atomic E-state index is 13.0. The van der Waals surface area contributed by atoms with Crippen LogP contribution in [0.2, 0.25) is 0 Å². The molecule has 2 aromatic rings. The van der Waals surface area contributed by atoms with Crippen LogP contribution in [0.5, 0.6) is 0 Å². The molecule has 0 spiro atoms. The maximum Gasteiger partial charge on any atom is 0.407 e. The van der Waals surface area contributed by atoms with Gasteiger partial charge in [0.15, 0.2) is 0 Å². The molecule has 154 valence electrons. The molecular formula is C20H22N2O6S. The zero-order valence-electron chi connectivity index (χ0n) is 15.9. The Morgan fingerprint density at radius 2 is 1.69 bits per heavy atom. The van der Waals surface area contributed by atoms with E-state index in [1.54, 1.807) is 18.2 Å². The van der Waals surface area contributed by atoms with Crippen LogP contribution in [0.3, 0.4) is 0 Å². The molecule has 0 unspecified atom stereocenters. The average Bonchev–Trinajstić information content (AvgIpc) is 3.17. The number of benzene rings is 2. The van der Waals surface area contributed by atoms with E-state index in [0.29, 0.717) is 0 Å². The average molecular weight is 418 g/mol. The lowest BCUT2D eigenvalue weighted by Crippen LogP contribution is -2.41. The lowest BCUT2D eigenvalue weighted by molar-refractivity contribution is -0.144. The Morgan fingerprint density at radius 3 is 2.31 bits per heavy atom. The molecule has 0 aromatic heterocycles. The number of sulfonamides is 1. The predicted molar refractivity (Wildman–Crippen MR) is 104 cm³/mol. The number of ether oxygens (including phenoxy) is 2. The van der Waals surface area contributed by atoms with E-state index in [2.05, 4.69) is 5.32 Å². The minimum atomic E-state index is -3.93. The van der Waals surface area contributed by atoms with Crippen molar-refractivity contribution in [2.24, 2.45) is 0 Å². The molecule has 0 saturated carbocycles. The lowest BCUT2D eigenvalue weighted by atomic mass is 10.2. The summed E-state index contributed by atoms with van der Waals surface area (Å²) in [5.74, 6) is -0.675. The van der Waals surface area contributed by atoms with E-state index in [1.165, 1.54) is 19.2 Å². The SMILES string of the molecule is COC(=O)[C@@H]1C[C@@H](NC(=O)OCc2ccccc2)CN1S(=O)(=O)c1ccccc1. The molecule has 1 heterocycles. The van der Waals surface area contributed by atoms with Crippen LogP contribution in [0.4, 0.5) is 4.79 Å². The molecule has 1 amide bonds. The number of hydrogen-bond donors (Lipinski definition) is 1. The van der Waals surface area contributed by atoms with Gasteiger partial charge in [-0.1, -0.05) is 48.5 Å². The van der Waals surface area contributed by atoms with Crippen molar-refractivity contribution in [3.63, 3.8) is 0 Å². The van der Waals surface area contributed by atoms with E-state index in [9.17, 15) is 18.0 Å². The lowest BCUT2D eigenvalue weighted by Gasteiger charge is -2.21. The summed E-state index contributed by atoms with van der Waals surface area (Å²) in [5, 5.41) is 2.64. The number of amides is 1. The second-order valence-corrected chi connectivity index (χ2v) is 8.46. The van der Waals surface area contributed by atoms with Crippen molar-refractivity contribution in [3.05, 3.63) is 66.2 Å². The largest absolute Gasteiger partial charge is 0.468 e. The first-order valence-corrected chi connectivity index (χ1v) is 10.5. The molecule has 1 aliphatic heterocycles. The van der Waals surface area contributed by atoms with E-state index < -0.39 is 34.2 Å². The van der Waals surface area contributed by atoms with Gasteiger partial charge < -0.3 is 14.8 Å². The number of esters is 1. The van der Waals surface area contributed by atoms with Crippen LogP contribution in [0.25, 0.3) is 0 Å². The zero-order valence-corrected chi connectivity index (χ0v) is 16.7. The van der Waals surface area contributed by atoms with Crippen LogP contribution < -0.4 is 5.32 Å². The monoisotopic (exact) mass is 418 g/mol. The van der Waals surface area contributed by atoms with Crippen molar-refractivity contribution in [2.45, 2.75) is 30.0 Å². The third-order valence-electron chi connectivity index (χ3n) is 4.61. The van der Waals surface area contributed by atoms with Crippen LogP contribution in [0.1, 0.15) is 12.0 Å². The van der Waals surface area contributed by atoms with Crippen LogP contribution in [-0.2, 0) is 30.9 Å². The van der Waals surface area contributed by atoms with Crippen LogP contribution in [0, 0.1) is 0 Å². The van der Waals surface area contributed by atoms with Crippen LogP contribution in [0.15, 0.2) is 65.6 Å². The minimum Gasteiger partial charge on any atom is -0.468 e. The van der Waals surface area contributed by atoms with Crippen molar-refractivity contribution in [3.8, 4) is 0 Å². The summed E-state index contributed by atoms with van der Waals surface area (Å²) in [5.41, 5.74) is 0.829. The van der Waals surface area contributed by atoms with Gasteiger partial charge in [0.2, 0.25) is 10.0 Å². The fourth-order valence-electron chi connectivity index (χ4n) is 3.19. The normalized spacial score (nSPS) is 19.5. The van der Waals surface area contributed by atoms with Crippen molar-refractivity contribution >= 4 is 22.1 Å². The van der Waals surface area contributed by atoms with E-state index in [0.717, 1.165) is 9.87 Å². The van der Waals surface area contributed by atoms with Crippen LogP contribution in [-0.4, -0.2) is 50.5 Å². The Bertz CT molecular complexity index is 949. The summed E-state index contributed by atoms with van der Waals surface area (Å²) in [6.45, 7) is 0.0310. The van der Waals surface area contributed by atoms with E-state index >= 15 is 0 Å². The Labute approximate surface area is 169 Å². The smallest absolute Gasteiger partial charge is 0.407 e. The highest BCUT2D eigenvalue weighted by Crippen LogP contribution is 2.27. The van der Waals surface area contributed by atoms with Gasteiger partial charge in [-0.05, 0) is 24.1 Å². The Balaban J connectivity index is 1.69. The van der Waals surface area contributed by atoms with Gasteiger partial charge in [-0.15, -0.1) is 0 Å². The fraction of sp³-hybridized carbons (Fsp3) is 0.300. The van der Waals surface area contributed by atoms with Gasteiger partial charge in [-0.3, -0.25) is 4.79 Å². The van der Waals surface area contributed by atoms with Gasteiger partial charge in [-0.2, -0.15) is 4.31 Å². The first kappa shape index (κ1) is 20.8. The number of carbonyl (C=O) groups is 2. The summed E-state index contributed by atoms with van der Waals surface area (Å²) < 4.78 is 37.0. The number of carbonyl (C=O) groups excluding carboxylic acids is 2. The molecule has 1 fully saturated rings. The van der Waals surface area contributed by atoms with E-state index in [4.69, 9.17) is 9.47 Å². The molecular weight excluding hydrogens is 396 g/mol. The number of nitrogens with one attached hydrogen (secondary N) is 1. The Hall–Kier alpha value is -2.91. The van der Waals surface area contributed by atoms with Gasteiger partial charge >= 0.3 is 12.1 Å². The molecule has 2 aromatic carbocycles. The molecule has 2 atom stereocenters. The Morgan fingerprint density at radius 1 is 1.07 bits per heavy atom. The number of methoxy groups -OCH3 is 1. The highest BCUT2D eigenvalue weighted by atomic mass is 32.2.